The molecule has 1 atom stereocenters. The minimum Gasteiger partial charge on any atom is -0.315 e. The topological polar surface area (TPSA) is 34.1 Å². The smallest absolute Gasteiger partial charge is 0.221 e. The first kappa shape index (κ1) is 16.2. The number of benzene rings is 1. The third kappa shape index (κ3) is 4.95. The molecule has 0 amide bonds. The third-order valence-electron chi connectivity index (χ3n) is 3.17. The van der Waals surface area contributed by atoms with Crippen LogP contribution >= 0.6 is 7.14 Å². The van der Waals surface area contributed by atoms with Crippen LogP contribution in [0.1, 0.15) is 50.4 Å². The summed E-state index contributed by atoms with van der Waals surface area (Å²) in [6.45, 7) is 6.18. The molecular weight excluding hydrogens is 255 g/mol. The molecule has 0 radical (unpaired) electrons. The van der Waals surface area contributed by atoms with Gasteiger partial charge in [0.05, 0.1) is 0 Å². The van der Waals surface area contributed by atoms with Crippen molar-refractivity contribution < 1.29 is 9.36 Å². The molecule has 0 heterocycles. The van der Waals surface area contributed by atoms with Crippen molar-refractivity contribution in [2.45, 2.75) is 40.0 Å². The highest BCUT2D eigenvalue weighted by Gasteiger charge is 2.32. The third-order valence-corrected chi connectivity index (χ3v) is 6.53. The molecular formula is C16H25O2P. The molecule has 0 spiro atoms. The Hall–Kier alpha value is -0.880. The summed E-state index contributed by atoms with van der Waals surface area (Å²) in [6.07, 6.45) is 4.11. The summed E-state index contributed by atoms with van der Waals surface area (Å²) in [7, 11) is -2.76. The van der Waals surface area contributed by atoms with Crippen LogP contribution in [0.4, 0.5) is 0 Å². The van der Waals surface area contributed by atoms with E-state index in [9.17, 15) is 9.36 Å². The number of rotatable bonds is 8. The number of unbranched alkanes of at least 4 members (excludes halogenated alkanes) is 2. The van der Waals surface area contributed by atoms with Crippen LogP contribution in [0, 0.1) is 5.92 Å². The van der Waals surface area contributed by atoms with Crippen LogP contribution in [-0.2, 0) is 4.57 Å². The zero-order valence-corrected chi connectivity index (χ0v) is 13.2. The van der Waals surface area contributed by atoms with Gasteiger partial charge in [0.25, 0.3) is 0 Å². The van der Waals surface area contributed by atoms with Crippen LogP contribution in [0.2, 0.25) is 0 Å². The van der Waals surface area contributed by atoms with E-state index in [-0.39, 0.29) is 5.52 Å². The van der Waals surface area contributed by atoms with E-state index >= 15 is 0 Å². The quantitative estimate of drug-likeness (QED) is 0.494. The number of carbonyl (C=O) groups is 1. The summed E-state index contributed by atoms with van der Waals surface area (Å²) >= 11 is 0. The molecule has 0 aromatic heterocycles. The van der Waals surface area contributed by atoms with Crippen molar-refractivity contribution in [3.05, 3.63) is 35.9 Å². The lowest BCUT2D eigenvalue weighted by atomic mass is 10.2. The molecule has 0 N–H and O–H groups in total. The van der Waals surface area contributed by atoms with Gasteiger partial charge in [-0.05, 0) is 12.3 Å². The minimum absolute atomic E-state index is 0.127. The SMILES string of the molecule is CCCCCP(=O)(CC(C)C)C(=O)c1ccccc1. The van der Waals surface area contributed by atoms with Crippen molar-refractivity contribution >= 4 is 12.7 Å². The zero-order valence-electron chi connectivity index (χ0n) is 12.3. The standard InChI is InChI=1S/C16H25O2P/c1-4-5-9-12-19(18,13-14(2)3)16(17)15-10-7-6-8-11-15/h6-8,10-11,14H,4-5,9,12-13H2,1-3H3. The first-order valence-corrected chi connectivity index (χ1v) is 9.25. The van der Waals surface area contributed by atoms with Crippen LogP contribution in [0.3, 0.4) is 0 Å². The molecule has 0 saturated heterocycles. The maximum atomic E-state index is 13.0. The second-order valence-electron chi connectivity index (χ2n) is 5.57. The lowest BCUT2D eigenvalue weighted by Gasteiger charge is -2.19. The summed E-state index contributed by atoms with van der Waals surface area (Å²) in [6, 6.07) is 9.09. The van der Waals surface area contributed by atoms with E-state index in [2.05, 4.69) is 6.92 Å². The van der Waals surface area contributed by atoms with Crippen molar-refractivity contribution in [3.8, 4) is 0 Å². The molecule has 1 unspecified atom stereocenters. The van der Waals surface area contributed by atoms with Gasteiger partial charge in [-0.2, -0.15) is 0 Å². The molecule has 3 heteroatoms. The van der Waals surface area contributed by atoms with Gasteiger partial charge in [0, 0.05) is 17.9 Å². The maximum Gasteiger partial charge on any atom is 0.221 e. The lowest BCUT2D eigenvalue weighted by Crippen LogP contribution is -2.11. The summed E-state index contributed by atoms with van der Waals surface area (Å²) in [5, 5.41) is 0. The van der Waals surface area contributed by atoms with Crippen LogP contribution in [-0.4, -0.2) is 17.8 Å². The van der Waals surface area contributed by atoms with E-state index in [4.69, 9.17) is 0 Å². The molecule has 1 aromatic carbocycles. The molecule has 1 aromatic rings. The molecule has 0 aliphatic heterocycles. The molecule has 19 heavy (non-hydrogen) atoms. The van der Waals surface area contributed by atoms with E-state index in [1.54, 1.807) is 12.1 Å². The van der Waals surface area contributed by atoms with Gasteiger partial charge >= 0.3 is 0 Å². The van der Waals surface area contributed by atoms with Crippen molar-refractivity contribution in [2.24, 2.45) is 5.92 Å². The van der Waals surface area contributed by atoms with Crippen LogP contribution in [0.25, 0.3) is 0 Å². The Bertz CT molecular complexity index is 437. The Morgan fingerprint density at radius 3 is 2.32 bits per heavy atom. The van der Waals surface area contributed by atoms with Crippen molar-refractivity contribution in [2.75, 3.05) is 12.3 Å². The lowest BCUT2D eigenvalue weighted by molar-refractivity contribution is 0.107. The Morgan fingerprint density at radius 2 is 1.79 bits per heavy atom. The predicted molar refractivity (Wildman–Crippen MR) is 82.5 cm³/mol. The van der Waals surface area contributed by atoms with E-state index < -0.39 is 7.14 Å². The number of hydrogen-bond donors (Lipinski definition) is 0. The van der Waals surface area contributed by atoms with Crippen molar-refractivity contribution in [1.29, 1.82) is 0 Å². The second-order valence-corrected chi connectivity index (χ2v) is 8.56. The molecule has 1 rings (SSSR count). The fourth-order valence-corrected chi connectivity index (χ4v) is 5.38. The van der Waals surface area contributed by atoms with E-state index in [1.165, 1.54) is 0 Å². The van der Waals surface area contributed by atoms with Crippen LogP contribution < -0.4 is 0 Å². The van der Waals surface area contributed by atoms with E-state index in [0.29, 0.717) is 23.8 Å². The van der Waals surface area contributed by atoms with E-state index in [1.807, 2.05) is 32.0 Å². The van der Waals surface area contributed by atoms with E-state index in [0.717, 1.165) is 19.3 Å². The average Bonchev–Trinajstić information content (AvgIpc) is 2.38. The summed E-state index contributed by atoms with van der Waals surface area (Å²) in [4.78, 5) is 12.5. The summed E-state index contributed by atoms with van der Waals surface area (Å²) < 4.78 is 13.0. The highest BCUT2D eigenvalue weighted by Crippen LogP contribution is 2.51. The fourth-order valence-electron chi connectivity index (χ4n) is 2.30. The van der Waals surface area contributed by atoms with Gasteiger partial charge in [-0.15, -0.1) is 0 Å². The molecule has 2 nitrogen and oxygen atoms in total. The molecule has 0 fully saturated rings. The minimum atomic E-state index is -2.76. The normalized spacial score (nSPS) is 14.3. The number of carbonyl (C=O) groups excluding carboxylic acids is 1. The van der Waals surface area contributed by atoms with Gasteiger partial charge in [0.2, 0.25) is 5.52 Å². The Labute approximate surface area is 117 Å². The Kier molecular flexibility index (Phi) is 6.51. The van der Waals surface area contributed by atoms with Crippen LogP contribution in [0.15, 0.2) is 30.3 Å². The highest BCUT2D eigenvalue weighted by molar-refractivity contribution is 7.81. The van der Waals surface area contributed by atoms with Crippen molar-refractivity contribution in [1.82, 2.24) is 0 Å². The molecule has 0 saturated carbocycles. The maximum absolute atomic E-state index is 13.0. The average molecular weight is 280 g/mol. The second kappa shape index (κ2) is 7.65. The van der Waals surface area contributed by atoms with Crippen molar-refractivity contribution in [3.63, 3.8) is 0 Å². The Balaban J connectivity index is 2.90. The van der Waals surface area contributed by atoms with Gasteiger partial charge in [-0.1, -0.05) is 63.9 Å². The monoisotopic (exact) mass is 280 g/mol. The highest BCUT2D eigenvalue weighted by atomic mass is 31.2. The first-order valence-electron chi connectivity index (χ1n) is 7.17. The van der Waals surface area contributed by atoms with Gasteiger partial charge in [0.1, 0.15) is 0 Å². The predicted octanol–water partition coefficient (Wildman–Crippen LogP) is 5.04. The summed E-state index contributed by atoms with van der Waals surface area (Å²) in [5.74, 6) is 0.292. The van der Waals surface area contributed by atoms with Crippen LogP contribution in [0.5, 0.6) is 0 Å². The molecule has 0 aliphatic rings. The Morgan fingerprint density at radius 1 is 1.16 bits per heavy atom. The zero-order chi connectivity index (χ0) is 14.3. The summed E-state index contributed by atoms with van der Waals surface area (Å²) in [5.41, 5.74) is 0.473. The first-order chi connectivity index (χ1) is 8.99. The largest absolute Gasteiger partial charge is 0.315 e. The van der Waals surface area contributed by atoms with Gasteiger partial charge in [-0.25, -0.2) is 0 Å². The van der Waals surface area contributed by atoms with Gasteiger partial charge in [0.15, 0.2) is 7.14 Å². The molecule has 0 aliphatic carbocycles. The molecule has 0 bridgehead atoms. The number of hydrogen-bond acceptors (Lipinski definition) is 2. The van der Waals surface area contributed by atoms with Gasteiger partial charge < -0.3 is 4.57 Å². The molecule has 106 valence electrons. The van der Waals surface area contributed by atoms with Gasteiger partial charge in [-0.3, -0.25) is 4.79 Å². The fraction of sp³-hybridized carbons (Fsp3) is 0.562.